The van der Waals surface area contributed by atoms with Crippen molar-refractivity contribution in [2.75, 3.05) is 13.1 Å². The molecule has 3 aromatic heterocycles. The lowest BCUT2D eigenvalue weighted by molar-refractivity contribution is 0.0529. The Morgan fingerprint density at radius 2 is 2.20 bits per heavy atom. The number of pyridine rings is 1. The molecule has 128 valence electrons. The van der Waals surface area contributed by atoms with E-state index in [4.69, 9.17) is 9.26 Å². The summed E-state index contributed by atoms with van der Waals surface area (Å²) in [5.41, 5.74) is 0.341. The van der Waals surface area contributed by atoms with E-state index < -0.39 is 0 Å². The van der Waals surface area contributed by atoms with E-state index in [1.54, 1.807) is 34.7 Å². The quantitative estimate of drug-likeness (QED) is 0.717. The van der Waals surface area contributed by atoms with E-state index in [0.717, 1.165) is 23.5 Å². The average Bonchev–Trinajstić information content (AvgIpc) is 3.34. The van der Waals surface area contributed by atoms with Crippen molar-refractivity contribution < 1.29 is 14.1 Å². The van der Waals surface area contributed by atoms with Crippen LogP contribution in [0, 0.1) is 0 Å². The van der Waals surface area contributed by atoms with Crippen LogP contribution in [-0.4, -0.2) is 40.1 Å². The fourth-order valence-electron chi connectivity index (χ4n) is 2.90. The summed E-state index contributed by atoms with van der Waals surface area (Å²) in [6.45, 7) is 1.25. The van der Waals surface area contributed by atoms with Crippen molar-refractivity contribution in [2.24, 2.45) is 0 Å². The second-order valence-corrected chi connectivity index (χ2v) is 6.82. The largest absolute Gasteiger partial charge is 0.488 e. The summed E-state index contributed by atoms with van der Waals surface area (Å²) in [5, 5.41) is 5.91. The van der Waals surface area contributed by atoms with E-state index in [9.17, 15) is 4.79 Å². The average molecular weight is 355 g/mol. The van der Waals surface area contributed by atoms with Gasteiger partial charge in [-0.15, -0.1) is 11.3 Å². The number of ether oxygens (including phenoxy) is 1. The number of hydrogen-bond acceptors (Lipinski definition) is 6. The molecule has 0 N–H and O–H groups in total. The van der Waals surface area contributed by atoms with Gasteiger partial charge < -0.3 is 14.2 Å². The van der Waals surface area contributed by atoms with Crippen LogP contribution in [0.2, 0.25) is 0 Å². The maximum Gasteiger partial charge on any atom is 0.276 e. The Bertz CT molecular complexity index is 832. The number of thiophene rings is 1. The molecule has 1 fully saturated rings. The number of nitrogens with zero attached hydrogens (tertiary/aromatic N) is 3. The lowest BCUT2D eigenvalue weighted by atomic mass is 10.1. The van der Waals surface area contributed by atoms with Crippen molar-refractivity contribution in [3.05, 3.63) is 53.8 Å². The first-order valence-corrected chi connectivity index (χ1v) is 9.04. The summed E-state index contributed by atoms with van der Waals surface area (Å²) in [4.78, 5) is 19.4. The third-order valence-corrected chi connectivity index (χ3v) is 5.00. The number of carbonyl (C=O) groups is 1. The number of aromatic nitrogens is 2. The Hall–Kier alpha value is -2.67. The molecule has 1 aliphatic rings. The molecule has 0 saturated carbocycles. The zero-order valence-corrected chi connectivity index (χ0v) is 14.3. The van der Waals surface area contributed by atoms with Crippen LogP contribution in [0.25, 0.3) is 10.6 Å². The molecule has 0 aromatic carbocycles. The van der Waals surface area contributed by atoms with E-state index in [2.05, 4.69) is 10.1 Å². The minimum absolute atomic E-state index is 0.0243. The first-order chi connectivity index (χ1) is 12.3. The van der Waals surface area contributed by atoms with Gasteiger partial charge in [-0.25, -0.2) is 0 Å². The van der Waals surface area contributed by atoms with Gasteiger partial charge in [0.15, 0.2) is 11.5 Å². The van der Waals surface area contributed by atoms with Crippen molar-refractivity contribution in [2.45, 2.75) is 18.9 Å². The molecule has 1 amide bonds. The predicted molar refractivity (Wildman–Crippen MR) is 93.6 cm³/mol. The van der Waals surface area contributed by atoms with E-state index in [-0.39, 0.29) is 12.0 Å². The van der Waals surface area contributed by atoms with Crippen molar-refractivity contribution >= 4 is 17.2 Å². The van der Waals surface area contributed by atoms with Crippen LogP contribution in [0.15, 0.2) is 52.6 Å². The van der Waals surface area contributed by atoms with Crippen molar-refractivity contribution in [3.63, 3.8) is 0 Å². The van der Waals surface area contributed by atoms with Crippen LogP contribution >= 0.6 is 11.3 Å². The second kappa shape index (κ2) is 7.06. The Morgan fingerprint density at radius 1 is 1.32 bits per heavy atom. The van der Waals surface area contributed by atoms with Gasteiger partial charge in [0.1, 0.15) is 11.9 Å². The van der Waals surface area contributed by atoms with E-state index >= 15 is 0 Å². The van der Waals surface area contributed by atoms with Gasteiger partial charge in [-0.1, -0.05) is 11.2 Å². The minimum atomic E-state index is -0.116. The van der Waals surface area contributed by atoms with Crippen molar-refractivity contribution in [1.29, 1.82) is 0 Å². The Kier molecular flexibility index (Phi) is 4.47. The molecule has 1 saturated heterocycles. The highest BCUT2D eigenvalue weighted by Crippen LogP contribution is 2.26. The summed E-state index contributed by atoms with van der Waals surface area (Å²) < 4.78 is 11.3. The molecule has 0 bridgehead atoms. The highest BCUT2D eigenvalue weighted by molar-refractivity contribution is 7.13. The SMILES string of the molecule is O=C(c1cc(-c2cccs2)on1)N1CCCC(Oc2ccncc2)C1. The maximum atomic E-state index is 12.7. The molecule has 25 heavy (non-hydrogen) atoms. The second-order valence-electron chi connectivity index (χ2n) is 5.87. The minimum Gasteiger partial charge on any atom is -0.488 e. The molecule has 4 rings (SSSR count). The van der Waals surface area contributed by atoms with Crippen LogP contribution in [0.3, 0.4) is 0 Å². The molecule has 0 spiro atoms. The Morgan fingerprint density at radius 3 is 3.00 bits per heavy atom. The van der Waals surface area contributed by atoms with Crippen molar-refractivity contribution in [3.8, 4) is 16.4 Å². The summed E-state index contributed by atoms with van der Waals surface area (Å²) >= 11 is 1.55. The van der Waals surface area contributed by atoms with Crippen LogP contribution in [0.4, 0.5) is 0 Å². The van der Waals surface area contributed by atoms with E-state index in [0.29, 0.717) is 24.5 Å². The van der Waals surface area contributed by atoms with E-state index in [1.807, 2.05) is 29.6 Å². The highest BCUT2D eigenvalue weighted by Gasteiger charge is 2.27. The molecular formula is C18H17N3O3S. The van der Waals surface area contributed by atoms with Crippen LogP contribution < -0.4 is 4.74 Å². The van der Waals surface area contributed by atoms with Gasteiger partial charge in [0.05, 0.1) is 11.4 Å². The maximum absolute atomic E-state index is 12.7. The number of amides is 1. The first kappa shape index (κ1) is 15.8. The number of hydrogen-bond donors (Lipinski definition) is 0. The van der Waals surface area contributed by atoms with Crippen LogP contribution in [0.5, 0.6) is 5.75 Å². The number of rotatable bonds is 4. The number of piperidine rings is 1. The van der Waals surface area contributed by atoms with Gasteiger partial charge in [0.2, 0.25) is 0 Å². The molecule has 0 aliphatic carbocycles. The summed E-state index contributed by atoms with van der Waals surface area (Å²) in [5.74, 6) is 1.28. The molecule has 6 nitrogen and oxygen atoms in total. The normalized spacial score (nSPS) is 17.4. The monoisotopic (exact) mass is 355 g/mol. The standard InChI is InChI=1S/C18H17N3O3S/c22-18(15-11-16(24-20-15)17-4-2-10-25-17)21-9-1-3-14(12-21)23-13-5-7-19-8-6-13/h2,4-8,10-11,14H,1,3,9,12H2. The fourth-order valence-corrected chi connectivity index (χ4v) is 3.57. The highest BCUT2D eigenvalue weighted by atomic mass is 32.1. The smallest absolute Gasteiger partial charge is 0.276 e. The number of carbonyl (C=O) groups excluding carboxylic acids is 1. The molecule has 1 atom stereocenters. The van der Waals surface area contributed by atoms with Gasteiger partial charge in [0.25, 0.3) is 5.91 Å². The molecule has 7 heteroatoms. The Balaban J connectivity index is 1.43. The van der Waals surface area contributed by atoms with E-state index in [1.165, 1.54) is 0 Å². The lowest BCUT2D eigenvalue weighted by Crippen LogP contribution is -2.44. The third-order valence-electron chi connectivity index (χ3n) is 4.11. The molecule has 1 aliphatic heterocycles. The van der Waals surface area contributed by atoms with Gasteiger partial charge in [0, 0.05) is 25.0 Å². The van der Waals surface area contributed by atoms with Crippen molar-refractivity contribution in [1.82, 2.24) is 15.0 Å². The van der Waals surface area contributed by atoms with Gasteiger partial charge in [-0.2, -0.15) is 0 Å². The molecule has 0 radical (unpaired) electrons. The van der Waals surface area contributed by atoms with Gasteiger partial charge in [-0.3, -0.25) is 9.78 Å². The summed E-state index contributed by atoms with van der Waals surface area (Å²) in [6, 6.07) is 9.24. The van der Waals surface area contributed by atoms with Gasteiger partial charge in [-0.05, 0) is 36.4 Å². The molecule has 3 aromatic rings. The topological polar surface area (TPSA) is 68.5 Å². The third kappa shape index (κ3) is 3.56. The zero-order valence-electron chi connectivity index (χ0n) is 13.5. The summed E-state index contributed by atoms with van der Waals surface area (Å²) in [7, 11) is 0. The zero-order chi connectivity index (χ0) is 17.1. The van der Waals surface area contributed by atoms with Crippen LogP contribution in [-0.2, 0) is 0 Å². The molecule has 1 unspecified atom stereocenters. The summed E-state index contributed by atoms with van der Waals surface area (Å²) in [6.07, 6.45) is 5.19. The predicted octanol–water partition coefficient (Wildman–Crippen LogP) is 3.48. The molecule has 4 heterocycles. The Labute approximate surface area is 149 Å². The lowest BCUT2D eigenvalue weighted by Gasteiger charge is -2.32. The first-order valence-electron chi connectivity index (χ1n) is 8.16. The van der Waals surface area contributed by atoms with Gasteiger partial charge >= 0.3 is 0 Å². The number of likely N-dealkylation sites (tertiary alicyclic amines) is 1. The molecular weight excluding hydrogens is 338 g/mol. The van der Waals surface area contributed by atoms with Crippen LogP contribution in [0.1, 0.15) is 23.3 Å². The fraction of sp³-hybridized carbons (Fsp3) is 0.278.